The van der Waals surface area contributed by atoms with Crippen molar-refractivity contribution in [2.75, 3.05) is 26.2 Å². The molecule has 1 unspecified atom stereocenters. The van der Waals surface area contributed by atoms with Crippen LogP contribution in [-0.4, -0.2) is 45.5 Å². The van der Waals surface area contributed by atoms with Gasteiger partial charge >= 0.3 is 0 Å². The number of hydrogen-bond donors (Lipinski definition) is 1. The first-order chi connectivity index (χ1) is 13.3. The van der Waals surface area contributed by atoms with E-state index in [4.69, 9.17) is 4.74 Å². The van der Waals surface area contributed by atoms with Crippen LogP contribution in [0.2, 0.25) is 0 Å². The predicted octanol–water partition coefficient (Wildman–Crippen LogP) is 2.86. The van der Waals surface area contributed by atoms with Crippen molar-refractivity contribution in [3.8, 4) is 0 Å². The highest BCUT2D eigenvalue weighted by molar-refractivity contribution is 9.10. The first-order valence-corrected chi connectivity index (χ1v) is 11.0. The fourth-order valence-corrected chi connectivity index (χ4v) is 4.20. The summed E-state index contributed by atoms with van der Waals surface area (Å²) in [5, 5.41) is 0. The molecule has 1 fully saturated rings. The van der Waals surface area contributed by atoms with Crippen molar-refractivity contribution in [1.82, 2.24) is 9.62 Å². The summed E-state index contributed by atoms with van der Waals surface area (Å²) in [5.74, 6) is -0.658. The minimum absolute atomic E-state index is 0.0289. The molecule has 0 aromatic heterocycles. The third-order valence-corrected chi connectivity index (χ3v) is 6.42. The fraction of sp³-hybridized carbons (Fsp3) is 0.316. The van der Waals surface area contributed by atoms with E-state index in [1.54, 1.807) is 4.90 Å². The number of morpholine rings is 1. The van der Waals surface area contributed by atoms with Gasteiger partial charge in [-0.25, -0.2) is 17.5 Å². The fourth-order valence-electron chi connectivity index (χ4n) is 2.90. The molecule has 1 heterocycles. The molecular weight excluding hydrogens is 451 g/mol. The molecule has 1 saturated heterocycles. The minimum atomic E-state index is -3.78. The van der Waals surface area contributed by atoms with Crippen molar-refractivity contribution in [2.45, 2.75) is 17.4 Å². The van der Waals surface area contributed by atoms with Gasteiger partial charge in [-0.1, -0.05) is 28.1 Å². The molecule has 150 valence electrons. The molecule has 6 nitrogen and oxygen atoms in total. The minimum Gasteiger partial charge on any atom is -0.370 e. The number of sulfonamides is 1. The molecule has 0 bridgehead atoms. The van der Waals surface area contributed by atoms with Crippen LogP contribution in [-0.2, 0) is 19.6 Å². The van der Waals surface area contributed by atoms with Crippen molar-refractivity contribution < 1.29 is 22.3 Å². The highest BCUT2D eigenvalue weighted by Crippen LogP contribution is 2.24. The maximum absolute atomic E-state index is 12.9. The lowest BCUT2D eigenvalue weighted by Gasteiger charge is -2.33. The predicted molar refractivity (Wildman–Crippen MR) is 106 cm³/mol. The van der Waals surface area contributed by atoms with E-state index >= 15 is 0 Å². The van der Waals surface area contributed by atoms with E-state index in [0.717, 1.165) is 22.2 Å². The number of hydrogen-bond acceptors (Lipinski definition) is 4. The molecule has 1 amide bonds. The Morgan fingerprint density at radius 2 is 1.86 bits per heavy atom. The van der Waals surface area contributed by atoms with Gasteiger partial charge in [0.2, 0.25) is 15.9 Å². The van der Waals surface area contributed by atoms with Crippen LogP contribution < -0.4 is 4.72 Å². The van der Waals surface area contributed by atoms with Gasteiger partial charge in [-0.2, -0.15) is 0 Å². The van der Waals surface area contributed by atoms with Crippen molar-refractivity contribution in [3.05, 3.63) is 64.4 Å². The summed E-state index contributed by atoms with van der Waals surface area (Å²) in [6.07, 6.45) is -0.172. The van der Waals surface area contributed by atoms with Crippen molar-refractivity contribution in [3.63, 3.8) is 0 Å². The Bertz CT molecular complexity index is 920. The van der Waals surface area contributed by atoms with Gasteiger partial charge in [0.05, 0.1) is 18.0 Å². The van der Waals surface area contributed by atoms with E-state index < -0.39 is 15.8 Å². The number of carbonyl (C=O) groups excluding carboxylic acids is 1. The standard InChI is InChI=1S/C19H20BrFN2O4S/c20-15-3-1-14(2-4-15)18-13-23(11-12-27-18)19(24)9-10-22-28(25,26)17-7-5-16(21)6-8-17/h1-8,18,22H,9-13H2. The quantitative estimate of drug-likeness (QED) is 0.703. The largest absolute Gasteiger partial charge is 0.370 e. The van der Waals surface area contributed by atoms with Gasteiger partial charge < -0.3 is 9.64 Å². The van der Waals surface area contributed by atoms with E-state index in [0.29, 0.717) is 19.7 Å². The molecule has 0 radical (unpaired) electrons. The van der Waals surface area contributed by atoms with Crippen LogP contribution >= 0.6 is 15.9 Å². The summed E-state index contributed by atoms with van der Waals surface area (Å²) >= 11 is 3.39. The number of ether oxygens (including phenoxy) is 1. The van der Waals surface area contributed by atoms with E-state index in [-0.39, 0.29) is 29.9 Å². The number of amides is 1. The number of halogens is 2. The summed E-state index contributed by atoms with van der Waals surface area (Å²) in [6.45, 7) is 1.29. The van der Waals surface area contributed by atoms with Crippen molar-refractivity contribution in [1.29, 1.82) is 0 Å². The number of benzene rings is 2. The van der Waals surface area contributed by atoms with Gasteiger partial charge in [0.15, 0.2) is 0 Å². The van der Waals surface area contributed by atoms with E-state index in [1.165, 1.54) is 12.1 Å². The molecule has 0 saturated carbocycles. The molecule has 2 aromatic carbocycles. The highest BCUT2D eigenvalue weighted by atomic mass is 79.9. The second-order valence-electron chi connectivity index (χ2n) is 6.35. The maximum atomic E-state index is 12.9. The Kier molecular flexibility index (Phi) is 6.82. The second-order valence-corrected chi connectivity index (χ2v) is 9.04. The second kappa shape index (κ2) is 9.13. The molecular formula is C19H20BrFN2O4S. The van der Waals surface area contributed by atoms with Crippen LogP contribution in [0.15, 0.2) is 57.9 Å². The molecule has 28 heavy (non-hydrogen) atoms. The van der Waals surface area contributed by atoms with Crippen LogP contribution in [0.3, 0.4) is 0 Å². The SMILES string of the molecule is O=C(CCNS(=O)(=O)c1ccc(F)cc1)N1CCOC(c2ccc(Br)cc2)C1. The molecule has 1 N–H and O–H groups in total. The number of nitrogens with zero attached hydrogens (tertiary/aromatic N) is 1. The normalized spacial score (nSPS) is 17.5. The van der Waals surface area contributed by atoms with Crippen LogP contribution in [0.4, 0.5) is 4.39 Å². The molecule has 3 rings (SSSR count). The summed E-state index contributed by atoms with van der Waals surface area (Å²) in [7, 11) is -3.78. The van der Waals surface area contributed by atoms with Gasteiger partial charge in [0.25, 0.3) is 0 Å². The third-order valence-electron chi connectivity index (χ3n) is 4.42. The smallest absolute Gasteiger partial charge is 0.240 e. The van der Waals surface area contributed by atoms with Crippen LogP contribution in [0.25, 0.3) is 0 Å². The highest BCUT2D eigenvalue weighted by Gasteiger charge is 2.25. The molecule has 2 aromatic rings. The zero-order valence-corrected chi connectivity index (χ0v) is 17.4. The Balaban J connectivity index is 1.53. The number of carbonyl (C=O) groups is 1. The van der Waals surface area contributed by atoms with Gasteiger partial charge in [-0.3, -0.25) is 4.79 Å². The van der Waals surface area contributed by atoms with E-state index in [1.807, 2.05) is 24.3 Å². The van der Waals surface area contributed by atoms with Gasteiger partial charge in [0, 0.05) is 24.0 Å². The topological polar surface area (TPSA) is 75.7 Å². The molecule has 1 aliphatic heterocycles. The zero-order chi connectivity index (χ0) is 20.1. The molecule has 1 aliphatic rings. The lowest BCUT2D eigenvalue weighted by atomic mass is 10.1. The average molecular weight is 471 g/mol. The van der Waals surface area contributed by atoms with E-state index in [2.05, 4.69) is 20.7 Å². The summed E-state index contributed by atoms with van der Waals surface area (Å²) < 4.78 is 46.4. The first-order valence-electron chi connectivity index (χ1n) is 8.75. The lowest BCUT2D eigenvalue weighted by Crippen LogP contribution is -2.43. The van der Waals surface area contributed by atoms with Crippen LogP contribution in [0.5, 0.6) is 0 Å². The van der Waals surface area contributed by atoms with E-state index in [9.17, 15) is 17.6 Å². The Hall–Kier alpha value is -1.81. The third kappa shape index (κ3) is 5.38. The summed E-state index contributed by atoms with van der Waals surface area (Å²) in [6, 6.07) is 12.3. The lowest BCUT2D eigenvalue weighted by molar-refractivity contribution is -0.138. The maximum Gasteiger partial charge on any atom is 0.240 e. The van der Waals surface area contributed by atoms with Gasteiger partial charge in [-0.15, -0.1) is 0 Å². The number of nitrogens with one attached hydrogen (secondary N) is 1. The monoisotopic (exact) mass is 470 g/mol. The van der Waals surface area contributed by atoms with Crippen molar-refractivity contribution >= 4 is 31.9 Å². The van der Waals surface area contributed by atoms with Gasteiger partial charge in [-0.05, 0) is 42.0 Å². The van der Waals surface area contributed by atoms with Crippen LogP contribution in [0, 0.1) is 5.82 Å². The average Bonchev–Trinajstić information content (AvgIpc) is 2.69. The summed E-state index contributed by atoms with van der Waals surface area (Å²) in [5.41, 5.74) is 0.984. The molecule has 0 aliphatic carbocycles. The van der Waals surface area contributed by atoms with Crippen LogP contribution in [0.1, 0.15) is 18.1 Å². The molecule has 0 spiro atoms. The molecule has 9 heteroatoms. The Morgan fingerprint density at radius 3 is 2.54 bits per heavy atom. The Labute approximate surface area is 171 Å². The van der Waals surface area contributed by atoms with Gasteiger partial charge in [0.1, 0.15) is 11.9 Å². The number of rotatable bonds is 6. The zero-order valence-electron chi connectivity index (χ0n) is 15.0. The summed E-state index contributed by atoms with van der Waals surface area (Å²) in [4.78, 5) is 14.1. The Morgan fingerprint density at radius 1 is 1.18 bits per heavy atom. The molecule has 1 atom stereocenters. The first kappa shape index (κ1) is 20.9. The van der Waals surface area contributed by atoms with Crippen molar-refractivity contribution in [2.24, 2.45) is 0 Å².